The Labute approximate surface area is 116 Å². The van der Waals surface area contributed by atoms with Crippen LogP contribution in [-0.4, -0.2) is 23.5 Å². The van der Waals surface area contributed by atoms with Gasteiger partial charge in [-0.2, -0.15) is 0 Å². The fourth-order valence-electron chi connectivity index (χ4n) is 2.48. The third-order valence-corrected chi connectivity index (χ3v) is 4.05. The quantitative estimate of drug-likeness (QED) is 0.842. The van der Waals surface area contributed by atoms with Gasteiger partial charge >= 0.3 is 0 Å². The molecule has 1 saturated heterocycles. The van der Waals surface area contributed by atoms with Crippen LogP contribution in [0.5, 0.6) is 0 Å². The molecule has 1 aliphatic heterocycles. The molecule has 0 atom stereocenters. The predicted molar refractivity (Wildman–Crippen MR) is 79.6 cm³/mol. The Balaban J connectivity index is 2.49. The van der Waals surface area contributed by atoms with Gasteiger partial charge in [-0.25, -0.2) is 0 Å². The lowest BCUT2D eigenvalue weighted by Crippen LogP contribution is -2.69. The monoisotopic (exact) mass is 260 g/mol. The number of nitrogens with one attached hydrogen (secondary N) is 1. The molecule has 0 radical (unpaired) electrons. The second-order valence-electron chi connectivity index (χ2n) is 6.70. The van der Waals surface area contributed by atoms with Gasteiger partial charge in [0.05, 0.1) is 11.1 Å². The van der Waals surface area contributed by atoms with Gasteiger partial charge in [0.15, 0.2) is 0 Å². The average molecular weight is 260 g/mol. The van der Waals surface area contributed by atoms with E-state index in [4.69, 9.17) is 0 Å². The van der Waals surface area contributed by atoms with Crippen LogP contribution in [0.15, 0.2) is 18.2 Å². The molecule has 1 aromatic rings. The molecule has 3 nitrogen and oxygen atoms in total. The first-order valence-corrected chi connectivity index (χ1v) is 6.82. The van der Waals surface area contributed by atoms with E-state index in [2.05, 4.69) is 45.1 Å². The highest BCUT2D eigenvalue weighted by atomic mass is 16.2. The van der Waals surface area contributed by atoms with E-state index >= 15 is 0 Å². The first-order chi connectivity index (χ1) is 8.65. The van der Waals surface area contributed by atoms with Crippen molar-refractivity contribution in [3.8, 4) is 0 Å². The van der Waals surface area contributed by atoms with Gasteiger partial charge in [0.1, 0.15) is 0 Å². The molecule has 1 N–H and O–H groups in total. The Hall–Kier alpha value is -1.35. The summed E-state index contributed by atoms with van der Waals surface area (Å²) in [6.07, 6.45) is 0. The number of piperazine rings is 1. The van der Waals surface area contributed by atoms with Gasteiger partial charge in [-0.15, -0.1) is 0 Å². The standard InChI is InChI=1S/C16H24N2O/c1-11-7-8-13(9-12(11)2)18-14(19)16(5,6)17-10-15(18,3)4/h7-9,17H,10H2,1-6H3. The molecular formula is C16H24N2O. The van der Waals surface area contributed by atoms with Crippen molar-refractivity contribution in [1.29, 1.82) is 0 Å². The minimum atomic E-state index is -0.506. The summed E-state index contributed by atoms with van der Waals surface area (Å²) in [4.78, 5) is 14.7. The largest absolute Gasteiger partial charge is 0.304 e. The molecule has 0 spiro atoms. The molecule has 3 heteroatoms. The van der Waals surface area contributed by atoms with Gasteiger partial charge in [0.2, 0.25) is 5.91 Å². The number of carbonyl (C=O) groups is 1. The molecule has 2 rings (SSSR count). The lowest BCUT2D eigenvalue weighted by atomic mass is 9.89. The maximum absolute atomic E-state index is 12.7. The molecule has 0 aromatic heterocycles. The van der Waals surface area contributed by atoms with Crippen LogP contribution in [0.1, 0.15) is 38.8 Å². The summed E-state index contributed by atoms with van der Waals surface area (Å²) in [5, 5.41) is 3.33. The zero-order chi connectivity index (χ0) is 14.4. The molecule has 1 aliphatic rings. The summed E-state index contributed by atoms with van der Waals surface area (Å²) in [7, 11) is 0. The SMILES string of the molecule is Cc1ccc(N2C(=O)C(C)(C)NCC2(C)C)cc1C. The third-order valence-electron chi connectivity index (χ3n) is 4.05. The number of rotatable bonds is 1. The first kappa shape index (κ1) is 14.1. The minimum absolute atomic E-state index is 0.131. The lowest BCUT2D eigenvalue weighted by molar-refractivity contribution is -0.126. The van der Waals surface area contributed by atoms with E-state index in [-0.39, 0.29) is 11.4 Å². The van der Waals surface area contributed by atoms with E-state index in [1.54, 1.807) is 0 Å². The normalized spacial score (nSPS) is 21.6. The molecule has 0 aliphatic carbocycles. The molecule has 1 fully saturated rings. The number of hydrogen-bond donors (Lipinski definition) is 1. The van der Waals surface area contributed by atoms with E-state index in [9.17, 15) is 4.79 Å². The molecular weight excluding hydrogens is 236 g/mol. The van der Waals surface area contributed by atoms with Crippen molar-refractivity contribution in [2.45, 2.75) is 52.6 Å². The summed E-state index contributed by atoms with van der Waals surface area (Å²) < 4.78 is 0. The van der Waals surface area contributed by atoms with Crippen LogP contribution in [0.4, 0.5) is 5.69 Å². The minimum Gasteiger partial charge on any atom is -0.304 e. The molecule has 1 amide bonds. The van der Waals surface area contributed by atoms with Gasteiger partial charge in [-0.1, -0.05) is 6.07 Å². The van der Waals surface area contributed by atoms with E-state index in [1.165, 1.54) is 11.1 Å². The molecule has 0 bridgehead atoms. The lowest BCUT2D eigenvalue weighted by Gasteiger charge is -2.49. The third kappa shape index (κ3) is 2.39. The highest BCUT2D eigenvalue weighted by Gasteiger charge is 2.45. The van der Waals surface area contributed by atoms with Crippen molar-refractivity contribution in [3.05, 3.63) is 29.3 Å². The fraction of sp³-hybridized carbons (Fsp3) is 0.562. The highest BCUT2D eigenvalue weighted by molar-refractivity contribution is 6.01. The first-order valence-electron chi connectivity index (χ1n) is 6.82. The van der Waals surface area contributed by atoms with E-state index in [1.807, 2.05) is 24.8 Å². The topological polar surface area (TPSA) is 32.3 Å². The molecule has 19 heavy (non-hydrogen) atoms. The summed E-state index contributed by atoms with van der Waals surface area (Å²) in [5.41, 5.74) is 2.75. The summed E-state index contributed by atoms with van der Waals surface area (Å²) in [5.74, 6) is 0.131. The van der Waals surface area contributed by atoms with Gasteiger partial charge in [0, 0.05) is 12.2 Å². The van der Waals surface area contributed by atoms with Crippen LogP contribution in [0.2, 0.25) is 0 Å². The number of amides is 1. The summed E-state index contributed by atoms with van der Waals surface area (Å²) in [6.45, 7) is 13.1. The maximum atomic E-state index is 12.7. The number of carbonyl (C=O) groups excluding carboxylic acids is 1. The van der Waals surface area contributed by atoms with Crippen LogP contribution in [-0.2, 0) is 4.79 Å². The Morgan fingerprint density at radius 1 is 1.11 bits per heavy atom. The molecule has 104 valence electrons. The maximum Gasteiger partial charge on any atom is 0.247 e. The van der Waals surface area contributed by atoms with Gasteiger partial charge in [-0.05, 0) is 64.8 Å². The Kier molecular flexibility index (Phi) is 3.21. The van der Waals surface area contributed by atoms with Crippen LogP contribution in [0.3, 0.4) is 0 Å². The number of benzene rings is 1. The van der Waals surface area contributed by atoms with Gasteiger partial charge in [-0.3, -0.25) is 4.79 Å². The molecule has 1 heterocycles. The Bertz CT molecular complexity index is 517. The summed E-state index contributed by atoms with van der Waals surface area (Å²) in [6, 6.07) is 6.24. The van der Waals surface area contributed by atoms with E-state index in [0.717, 1.165) is 12.2 Å². The zero-order valence-corrected chi connectivity index (χ0v) is 12.8. The Morgan fingerprint density at radius 2 is 1.74 bits per heavy atom. The fourth-order valence-corrected chi connectivity index (χ4v) is 2.48. The Morgan fingerprint density at radius 3 is 2.32 bits per heavy atom. The second kappa shape index (κ2) is 4.34. The average Bonchev–Trinajstić information content (AvgIpc) is 2.30. The smallest absolute Gasteiger partial charge is 0.247 e. The van der Waals surface area contributed by atoms with Crippen LogP contribution >= 0.6 is 0 Å². The van der Waals surface area contributed by atoms with Crippen molar-refractivity contribution in [2.24, 2.45) is 0 Å². The number of hydrogen-bond acceptors (Lipinski definition) is 2. The van der Waals surface area contributed by atoms with Crippen LogP contribution in [0, 0.1) is 13.8 Å². The molecule has 1 aromatic carbocycles. The van der Waals surface area contributed by atoms with E-state index in [0.29, 0.717) is 0 Å². The van der Waals surface area contributed by atoms with Crippen LogP contribution in [0.25, 0.3) is 0 Å². The van der Waals surface area contributed by atoms with Crippen molar-refractivity contribution in [2.75, 3.05) is 11.4 Å². The predicted octanol–water partition coefficient (Wildman–Crippen LogP) is 2.80. The number of nitrogens with zero attached hydrogens (tertiary/aromatic N) is 1. The van der Waals surface area contributed by atoms with Crippen molar-refractivity contribution in [1.82, 2.24) is 5.32 Å². The van der Waals surface area contributed by atoms with Crippen molar-refractivity contribution in [3.63, 3.8) is 0 Å². The van der Waals surface area contributed by atoms with Crippen molar-refractivity contribution >= 4 is 11.6 Å². The number of aryl methyl sites for hydroxylation is 2. The number of anilines is 1. The summed E-state index contributed by atoms with van der Waals surface area (Å²) >= 11 is 0. The molecule has 0 saturated carbocycles. The zero-order valence-electron chi connectivity index (χ0n) is 12.8. The van der Waals surface area contributed by atoms with Crippen molar-refractivity contribution < 1.29 is 4.79 Å². The van der Waals surface area contributed by atoms with Gasteiger partial charge in [0.25, 0.3) is 0 Å². The molecule has 0 unspecified atom stereocenters. The van der Waals surface area contributed by atoms with Gasteiger partial charge < -0.3 is 10.2 Å². The second-order valence-corrected chi connectivity index (χ2v) is 6.70. The highest BCUT2D eigenvalue weighted by Crippen LogP contribution is 2.31. The van der Waals surface area contributed by atoms with E-state index < -0.39 is 5.54 Å². The van der Waals surface area contributed by atoms with Crippen LogP contribution < -0.4 is 10.2 Å².